The summed E-state index contributed by atoms with van der Waals surface area (Å²) >= 11 is 6.32. The van der Waals surface area contributed by atoms with Gasteiger partial charge in [-0.25, -0.2) is 0 Å². The van der Waals surface area contributed by atoms with Crippen LogP contribution in [0.25, 0.3) is 0 Å². The first-order valence-corrected chi connectivity index (χ1v) is 6.88. The van der Waals surface area contributed by atoms with Gasteiger partial charge < -0.3 is 14.8 Å². The Bertz CT molecular complexity index is 396. The number of hydrogen-bond donors (Lipinski definition) is 1. The summed E-state index contributed by atoms with van der Waals surface area (Å²) < 4.78 is 10.0. The van der Waals surface area contributed by atoms with Crippen molar-refractivity contribution < 1.29 is 9.47 Å². The normalized spacial score (nSPS) is 22.9. The molecule has 0 radical (unpaired) electrons. The van der Waals surface area contributed by atoms with Crippen LogP contribution in [0.4, 0.5) is 5.95 Å². The van der Waals surface area contributed by atoms with E-state index in [1.165, 1.54) is 27.1 Å². The number of anilines is 1. The molecule has 1 saturated carbocycles. The van der Waals surface area contributed by atoms with Crippen molar-refractivity contribution >= 4 is 17.5 Å². The highest BCUT2D eigenvalue weighted by Gasteiger charge is 2.23. The number of nitrogens with zero attached hydrogens (tertiary/aromatic N) is 3. The number of hydrogen-bond acceptors (Lipinski definition) is 6. The Morgan fingerprint density at radius 1 is 1.11 bits per heavy atom. The van der Waals surface area contributed by atoms with Crippen LogP contribution in [0.3, 0.4) is 0 Å². The lowest BCUT2D eigenvalue weighted by atomic mass is 9.89. The van der Waals surface area contributed by atoms with Gasteiger partial charge >= 0.3 is 12.0 Å². The minimum atomic E-state index is 0.229. The fourth-order valence-electron chi connectivity index (χ4n) is 2.21. The van der Waals surface area contributed by atoms with E-state index < -0.39 is 0 Å². The zero-order valence-corrected chi connectivity index (χ0v) is 12.0. The van der Waals surface area contributed by atoms with E-state index in [4.69, 9.17) is 21.1 Å². The second-order valence-corrected chi connectivity index (χ2v) is 5.13. The van der Waals surface area contributed by atoms with Gasteiger partial charge in [0.25, 0.3) is 0 Å². The number of aromatic nitrogens is 3. The Hall–Kier alpha value is -1.30. The number of alkyl halides is 1. The zero-order chi connectivity index (χ0) is 13.7. The van der Waals surface area contributed by atoms with Crippen LogP contribution in [0.1, 0.15) is 25.7 Å². The Morgan fingerprint density at radius 2 is 1.74 bits per heavy atom. The number of methoxy groups -OCH3 is 2. The minimum absolute atomic E-state index is 0.229. The summed E-state index contributed by atoms with van der Waals surface area (Å²) in [6, 6.07) is 0.473. The van der Waals surface area contributed by atoms with Crippen LogP contribution in [0.5, 0.6) is 12.0 Å². The second kappa shape index (κ2) is 6.75. The molecule has 0 bridgehead atoms. The van der Waals surface area contributed by atoms with Crippen LogP contribution in [0.2, 0.25) is 0 Å². The summed E-state index contributed by atoms with van der Waals surface area (Å²) in [6.07, 6.45) is 4.68. The molecule has 1 N–H and O–H groups in total. The average molecular weight is 287 g/mol. The van der Waals surface area contributed by atoms with Crippen LogP contribution in [0.15, 0.2) is 0 Å². The van der Waals surface area contributed by atoms with Gasteiger partial charge in [-0.3, -0.25) is 0 Å². The summed E-state index contributed by atoms with van der Waals surface area (Å²) in [4.78, 5) is 12.2. The minimum Gasteiger partial charge on any atom is -0.467 e. The predicted molar refractivity (Wildman–Crippen MR) is 73.0 cm³/mol. The highest BCUT2D eigenvalue weighted by atomic mass is 35.5. The molecule has 7 heteroatoms. The third kappa shape index (κ3) is 3.83. The fraction of sp³-hybridized carbons (Fsp3) is 0.750. The number of nitrogens with one attached hydrogen (secondary N) is 1. The Kier molecular flexibility index (Phi) is 5.01. The van der Waals surface area contributed by atoms with Crippen LogP contribution in [0, 0.1) is 5.92 Å². The molecule has 0 aromatic carbocycles. The van der Waals surface area contributed by atoms with Gasteiger partial charge in [-0.15, -0.1) is 16.6 Å². The zero-order valence-electron chi connectivity index (χ0n) is 11.2. The highest BCUT2D eigenvalue weighted by molar-refractivity contribution is 6.20. The van der Waals surface area contributed by atoms with E-state index in [1.54, 1.807) is 0 Å². The van der Waals surface area contributed by atoms with Gasteiger partial charge in [0.05, 0.1) is 14.2 Å². The van der Waals surface area contributed by atoms with Crippen molar-refractivity contribution in [1.82, 2.24) is 15.0 Å². The van der Waals surface area contributed by atoms with Crippen molar-refractivity contribution in [3.05, 3.63) is 0 Å². The van der Waals surface area contributed by atoms with E-state index in [0.717, 1.165) is 19.4 Å². The van der Waals surface area contributed by atoms with Crippen LogP contribution >= 0.6 is 11.6 Å². The molecule has 19 heavy (non-hydrogen) atoms. The average Bonchev–Trinajstić information content (AvgIpc) is 2.46. The molecule has 2 rings (SSSR count). The van der Waals surface area contributed by atoms with E-state index in [-0.39, 0.29) is 17.4 Å². The summed E-state index contributed by atoms with van der Waals surface area (Å²) in [5.74, 6) is 0.905. The highest BCUT2D eigenvalue weighted by Crippen LogP contribution is 2.28. The molecule has 1 heterocycles. The molecular formula is C12H19ClN4O2. The van der Waals surface area contributed by atoms with E-state index in [9.17, 15) is 0 Å². The third-order valence-electron chi connectivity index (χ3n) is 3.30. The maximum Gasteiger partial charge on any atom is 0.324 e. The topological polar surface area (TPSA) is 69.2 Å². The monoisotopic (exact) mass is 286 g/mol. The Balaban J connectivity index is 1.98. The largest absolute Gasteiger partial charge is 0.467 e. The van der Waals surface area contributed by atoms with Gasteiger partial charge in [-0.1, -0.05) is 12.8 Å². The molecule has 6 nitrogen and oxygen atoms in total. The first-order chi connectivity index (χ1) is 9.22. The standard InChI is InChI=1S/C12H19ClN4O2/c1-18-11-15-10(16-12(17-11)19-2)14-7-8-5-3-4-6-9(8)13/h8-9H,3-7H2,1-2H3,(H,14,15,16,17). The number of halogens is 1. The summed E-state index contributed by atoms with van der Waals surface area (Å²) in [5, 5.41) is 3.42. The maximum atomic E-state index is 6.32. The first-order valence-electron chi connectivity index (χ1n) is 6.45. The molecule has 1 aliphatic rings. The van der Waals surface area contributed by atoms with Crippen LogP contribution in [-0.2, 0) is 0 Å². The van der Waals surface area contributed by atoms with Gasteiger partial charge in [-0.05, 0) is 18.8 Å². The molecule has 1 aromatic heterocycles. The number of rotatable bonds is 5. The first kappa shape index (κ1) is 14.1. The molecule has 1 fully saturated rings. The molecule has 1 aromatic rings. The predicted octanol–water partition coefficient (Wildman–Crippen LogP) is 2.10. The Morgan fingerprint density at radius 3 is 2.32 bits per heavy atom. The number of ether oxygens (including phenoxy) is 2. The molecule has 0 saturated heterocycles. The lowest BCUT2D eigenvalue weighted by Gasteiger charge is -2.27. The molecule has 1 aliphatic carbocycles. The molecule has 2 atom stereocenters. The molecule has 0 aliphatic heterocycles. The fourth-order valence-corrected chi connectivity index (χ4v) is 2.58. The summed E-state index contributed by atoms with van der Waals surface area (Å²) in [5.41, 5.74) is 0. The summed E-state index contributed by atoms with van der Waals surface area (Å²) in [7, 11) is 3.02. The van der Waals surface area contributed by atoms with Gasteiger partial charge in [0, 0.05) is 11.9 Å². The van der Waals surface area contributed by atoms with E-state index in [2.05, 4.69) is 20.3 Å². The van der Waals surface area contributed by atoms with Crippen molar-refractivity contribution in [3.63, 3.8) is 0 Å². The molecule has 106 valence electrons. The molecule has 0 spiro atoms. The lowest BCUT2D eigenvalue weighted by Crippen LogP contribution is -2.27. The molecule has 0 amide bonds. The van der Waals surface area contributed by atoms with Crippen molar-refractivity contribution in [1.29, 1.82) is 0 Å². The van der Waals surface area contributed by atoms with Gasteiger partial charge in [0.1, 0.15) is 0 Å². The van der Waals surface area contributed by atoms with Crippen molar-refractivity contribution in [3.8, 4) is 12.0 Å². The smallest absolute Gasteiger partial charge is 0.324 e. The van der Waals surface area contributed by atoms with Gasteiger partial charge in [0.2, 0.25) is 5.95 Å². The quantitative estimate of drug-likeness (QED) is 0.836. The van der Waals surface area contributed by atoms with E-state index >= 15 is 0 Å². The van der Waals surface area contributed by atoms with E-state index in [0.29, 0.717) is 11.9 Å². The molecular weight excluding hydrogens is 268 g/mol. The lowest BCUT2D eigenvalue weighted by molar-refractivity contribution is 0.340. The summed E-state index contributed by atoms with van der Waals surface area (Å²) in [6.45, 7) is 0.754. The maximum absolute atomic E-state index is 6.32. The van der Waals surface area contributed by atoms with Crippen molar-refractivity contribution in [2.75, 3.05) is 26.1 Å². The van der Waals surface area contributed by atoms with Crippen molar-refractivity contribution in [2.24, 2.45) is 5.92 Å². The molecule has 2 unspecified atom stereocenters. The van der Waals surface area contributed by atoms with Crippen LogP contribution in [-0.4, -0.2) is 41.1 Å². The van der Waals surface area contributed by atoms with E-state index in [1.807, 2.05) is 0 Å². The Labute approximate surface area is 117 Å². The van der Waals surface area contributed by atoms with Gasteiger partial charge in [-0.2, -0.15) is 9.97 Å². The van der Waals surface area contributed by atoms with Crippen LogP contribution < -0.4 is 14.8 Å². The SMILES string of the molecule is COc1nc(NCC2CCCCC2Cl)nc(OC)n1. The van der Waals surface area contributed by atoms with Crippen molar-refractivity contribution in [2.45, 2.75) is 31.1 Å². The van der Waals surface area contributed by atoms with Gasteiger partial charge in [0.15, 0.2) is 0 Å². The third-order valence-corrected chi connectivity index (χ3v) is 3.87. The second-order valence-electron chi connectivity index (χ2n) is 4.57.